The maximum Gasteiger partial charge on any atom is 0.338 e. The van der Waals surface area contributed by atoms with Gasteiger partial charge >= 0.3 is 12.0 Å². The molecule has 3 amide bonds. The van der Waals surface area contributed by atoms with E-state index in [0.717, 1.165) is 29.4 Å². The maximum atomic E-state index is 12.6. The van der Waals surface area contributed by atoms with E-state index in [1.54, 1.807) is 38.3 Å². The zero-order valence-corrected chi connectivity index (χ0v) is 30.6. The average molecular weight is 874 g/mol. The molecule has 0 saturated heterocycles. The molecule has 4 aromatic rings. The number of hydrogen-bond donors (Lipinski definition) is 3. The molecule has 48 heavy (non-hydrogen) atoms. The largest absolute Gasteiger partial charge is 0.493 e. The molecule has 0 aliphatic carbocycles. The molecule has 1 atom stereocenters. The number of urea groups is 1. The van der Waals surface area contributed by atoms with Gasteiger partial charge in [0.2, 0.25) is 0 Å². The zero-order valence-electron chi connectivity index (χ0n) is 26.3. The van der Waals surface area contributed by atoms with Crippen LogP contribution in [0.15, 0.2) is 89.2 Å². The molecule has 0 spiro atoms. The van der Waals surface area contributed by atoms with Gasteiger partial charge in [0.05, 0.1) is 38.7 Å². The second-order valence-electron chi connectivity index (χ2n) is 10.5. The van der Waals surface area contributed by atoms with E-state index >= 15 is 0 Å². The summed E-state index contributed by atoms with van der Waals surface area (Å²) in [6.45, 7) is 3.63. The van der Waals surface area contributed by atoms with Crippen LogP contribution in [0.2, 0.25) is 0 Å². The number of nitrogens with zero attached hydrogens (tertiary/aromatic N) is 1. The number of carbonyl (C=O) groups is 3. The highest BCUT2D eigenvalue weighted by atomic mass is 127. The highest BCUT2D eigenvalue weighted by Gasteiger charge is 2.32. The number of methoxy groups -OCH3 is 1. The normalized spacial score (nSPS) is 14.4. The summed E-state index contributed by atoms with van der Waals surface area (Å²) in [4.78, 5) is 37.4. The van der Waals surface area contributed by atoms with Crippen molar-refractivity contribution in [3.8, 4) is 17.2 Å². The number of nitrogens with one attached hydrogen (secondary N) is 3. The molecule has 0 saturated carbocycles. The number of ether oxygens (including phenoxy) is 4. The summed E-state index contributed by atoms with van der Waals surface area (Å²) in [5.41, 5.74) is 5.61. The van der Waals surface area contributed by atoms with Crippen LogP contribution in [-0.2, 0) is 20.9 Å². The van der Waals surface area contributed by atoms with E-state index < -0.39 is 23.9 Å². The van der Waals surface area contributed by atoms with Gasteiger partial charge in [-0.2, -0.15) is 5.10 Å². The standard InChI is InChI=1S/C35H32I2N4O7/c1-4-46-34(43)31-20(2)39-35(44)40-32(31)23-12-13-28(29(16-23)45-3)47-19-30(42)41-38-17-21-14-26(36)33(27(37)15-21)48-18-24-10-7-9-22-8-5-6-11-25(22)24/h5-17,32H,4,18-19H2,1-3H3,(H,41,42)(H2,39,40,44)/b38-17-/t32-/m1/s1. The van der Waals surface area contributed by atoms with Gasteiger partial charge in [0.25, 0.3) is 5.91 Å². The average Bonchev–Trinajstić information content (AvgIpc) is 3.06. The van der Waals surface area contributed by atoms with Crippen LogP contribution in [0.25, 0.3) is 10.8 Å². The second-order valence-corrected chi connectivity index (χ2v) is 12.8. The number of rotatable bonds is 12. The SMILES string of the molecule is CCOC(=O)C1=C(C)NC(=O)N[C@@H]1c1ccc(OCC(=O)N/N=C\c2cc(I)c(OCc3cccc4ccccc34)c(I)c2)c(OC)c1. The molecule has 3 N–H and O–H groups in total. The topological polar surface area (TPSA) is 137 Å². The Morgan fingerprint density at radius 3 is 2.48 bits per heavy atom. The van der Waals surface area contributed by atoms with Crippen molar-refractivity contribution in [2.45, 2.75) is 26.5 Å². The van der Waals surface area contributed by atoms with Crippen LogP contribution in [0, 0.1) is 7.14 Å². The molecule has 0 radical (unpaired) electrons. The fourth-order valence-corrected chi connectivity index (χ4v) is 7.25. The van der Waals surface area contributed by atoms with Gasteiger partial charge in [-0.25, -0.2) is 15.0 Å². The molecule has 0 aromatic heterocycles. The van der Waals surface area contributed by atoms with Crippen LogP contribution in [-0.4, -0.2) is 44.4 Å². The first kappa shape index (κ1) is 34.9. The van der Waals surface area contributed by atoms with Crippen molar-refractivity contribution in [2.75, 3.05) is 20.3 Å². The van der Waals surface area contributed by atoms with Gasteiger partial charge in [-0.1, -0.05) is 48.5 Å². The zero-order chi connectivity index (χ0) is 34.2. The fraction of sp³-hybridized carbons (Fsp3) is 0.200. The van der Waals surface area contributed by atoms with Crippen molar-refractivity contribution < 1.29 is 33.3 Å². The van der Waals surface area contributed by atoms with E-state index in [9.17, 15) is 14.4 Å². The lowest BCUT2D eigenvalue weighted by Gasteiger charge is -2.28. The van der Waals surface area contributed by atoms with Crippen molar-refractivity contribution in [3.63, 3.8) is 0 Å². The van der Waals surface area contributed by atoms with Crippen LogP contribution >= 0.6 is 45.2 Å². The molecule has 248 valence electrons. The Bertz CT molecular complexity index is 1900. The van der Waals surface area contributed by atoms with E-state index in [1.165, 1.54) is 12.5 Å². The summed E-state index contributed by atoms with van der Waals surface area (Å²) in [5.74, 6) is 0.358. The smallest absolute Gasteiger partial charge is 0.338 e. The third-order valence-corrected chi connectivity index (χ3v) is 8.92. The van der Waals surface area contributed by atoms with Crippen LogP contribution in [0.4, 0.5) is 4.79 Å². The number of esters is 1. The Balaban J connectivity index is 1.18. The number of halogens is 2. The summed E-state index contributed by atoms with van der Waals surface area (Å²) in [6, 6.07) is 21.9. The molecule has 13 heteroatoms. The van der Waals surface area contributed by atoms with Crippen molar-refractivity contribution in [3.05, 3.63) is 108 Å². The van der Waals surface area contributed by atoms with Crippen LogP contribution in [0.5, 0.6) is 17.2 Å². The first-order valence-electron chi connectivity index (χ1n) is 14.8. The fourth-order valence-electron chi connectivity index (χ4n) is 5.12. The molecule has 1 aliphatic rings. The molecule has 11 nitrogen and oxygen atoms in total. The van der Waals surface area contributed by atoms with Gasteiger partial charge in [0, 0.05) is 5.70 Å². The summed E-state index contributed by atoms with van der Waals surface area (Å²) in [7, 11) is 1.45. The number of benzene rings is 4. The molecule has 1 heterocycles. The number of carbonyl (C=O) groups excluding carboxylic acids is 3. The van der Waals surface area contributed by atoms with Crippen molar-refractivity contribution in [1.82, 2.24) is 16.1 Å². The molecular formula is C35H32I2N4O7. The van der Waals surface area contributed by atoms with Crippen molar-refractivity contribution in [2.24, 2.45) is 5.10 Å². The lowest BCUT2D eigenvalue weighted by molar-refractivity contribution is -0.139. The van der Waals surface area contributed by atoms with Crippen LogP contribution < -0.4 is 30.3 Å². The van der Waals surface area contributed by atoms with E-state index in [0.29, 0.717) is 29.4 Å². The summed E-state index contributed by atoms with van der Waals surface area (Å²) >= 11 is 4.46. The van der Waals surface area contributed by atoms with Gasteiger partial charge in [-0.3, -0.25) is 4.79 Å². The molecule has 1 aliphatic heterocycles. The summed E-state index contributed by atoms with van der Waals surface area (Å²) in [6.07, 6.45) is 1.55. The predicted octanol–water partition coefficient (Wildman–Crippen LogP) is 6.36. The molecule has 4 aromatic carbocycles. The van der Waals surface area contributed by atoms with Gasteiger partial charge in [0.15, 0.2) is 18.1 Å². The van der Waals surface area contributed by atoms with E-state index in [4.69, 9.17) is 18.9 Å². The van der Waals surface area contributed by atoms with E-state index in [1.807, 2.05) is 30.3 Å². The minimum Gasteiger partial charge on any atom is -0.493 e. The Hall–Kier alpha value is -4.38. The first-order valence-corrected chi connectivity index (χ1v) is 17.0. The lowest BCUT2D eigenvalue weighted by atomic mass is 9.95. The molecular weight excluding hydrogens is 842 g/mol. The monoisotopic (exact) mass is 874 g/mol. The lowest BCUT2D eigenvalue weighted by Crippen LogP contribution is -2.45. The Labute approximate surface area is 304 Å². The molecule has 0 bridgehead atoms. The third kappa shape index (κ3) is 8.36. The van der Waals surface area contributed by atoms with Crippen LogP contribution in [0.1, 0.15) is 36.6 Å². The Morgan fingerprint density at radius 1 is 0.979 bits per heavy atom. The van der Waals surface area contributed by atoms with Gasteiger partial charge in [0.1, 0.15) is 12.4 Å². The van der Waals surface area contributed by atoms with Gasteiger partial charge < -0.3 is 29.6 Å². The minimum atomic E-state index is -0.769. The van der Waals surface area contributed by atoms with Gasteiger partial charge in [-0.15, -0.1) is 0 Å². The number of amides is 3. The van der Waals surface area contributed by atoms with Gasteiger partial charge in [-0.05, 0) is 111 Å². The van der Waals surface area contributed by atoms with Crippen LogP contribution in [0.3, 0.4) is 0 Å². The quantitative estimate of drug-likeness (QED) is 0.0653. The minimum absolute atomic E-state index is 0.186. The first-order chi connectivity index (χ1) is 23.2. The van der Waals surface area contributed by atoms with E-state index in [-0.39, 0.29) is 18.8 Å². The Kier molecular flexibility index (Phi) is 11.8. The molecule has 5 rings (SSSR count). The summed E-state index contributed by atoms with van der Waals surface area (Å²) in [5, 5.41) is 11.8. The predicted molar refractivity (Wildman–Crippen MR) is 198 cm³/mol. The van der Waals surface area contributed by atoms with Crippen molar-refractivity contribution in [1.29, 1.82) is 0 Å². The number of fused-ring (bicyclic) bond motifs is 1. The summed E-state index contributed by atoms with van der Waals surface area (Å²) < 4.78 is 24.4. The Morgan fingerprint density at radius 2 is 1.73 bits per heavy atom. The highest BCUT2D eigenvalue weighted by Crippen LogP contribution is 2.35. The number of hydrazone groups is 1. The second kappa shape index (κ2) is 16.1. The van der Waals surface area contributed by atoms with E-state index in [2.05, 4.69) is 90.6 Å². The number of allylic oxidation sites excluding steroid dienone is 1. The van der Waals surface area contributed by atoms with Crippen molar-refractivity contribution >= 4 is 80.1 Å². The number of hydrogen-bond acceptors (Lipinski definition) is 8. The highest BCUT2D eigenvalue weighted by molar-refractivity contribution is 14.1. The molecule has 0 unspecified atom stereocenters. The maximum absolute atomic E-state index is 12.6. The third-order valence-electron chi connectivity index (χ3n) is 7.32. The molecule has 0 fully saturated rings.